The number of nitrogens with two attached hydrogens (primary N) is 1. The van der Waals surface area contributed by atoms with Gasteiger partial charge in [0, 0.05) is 17.9 Å². The van der Waals surface area contributed by atoms with Gasteiger partial charge in [0.25, 0.3) is 0 Å². The smallest absolute Gasteiger partial charge is 0.143 e. The first kappa shape index (κ1) is 12.6. The van der Waals surface area contributed by atoms with Crippen molar-refractivity contribution in [1.29, 1.82) is 0 Å². The van der Waals surface area contributed by atoms with Gasteiger partial charge in [-0.05, 0) is 19.3 Å². The largest absolute Gasteiger partial charge is 0.329 e. The fourth-order valence-electron chi connectivity index (χ4n) is 1.57. The normalized spacial score (nSPS) is 15.8. The van der Waals surface area contributed by atoms with E-state index in [-0.39, 0.29) is 11.3 Å². The molecule has 2 N–H and O–H groups in total. The van der Waals surface area contributed by atoms with E-state index < -0.39 is 0 Å². The Kier molecular flexibility index (Phi) is 5.23. The van der Waals surface area contributed by atoms with Gasteiger partial charge in [0.15, 0.2) is 0 Å². The number of carbonyl (C=O) groups excluding carboxylic acids is 1. The fourth-order valence-corrected chi connectivity index (χ4v) is 1.57. The van der Waals surface area contributed by atoms with E-state index in [9.17, 15) is 4.79 Å². The van der Waals surface area contributed by atoms with Crippen molar-refractivity contribution >= 4 is 5.78 Å². The molecule has 2 nitrogen and oxygen atoms in total. The Bertz CT molecular complexity index is 157. The third-order valence-electron chi connectivity index (χ3n) is 3.18. The van der Waals surface area contributed by atoms with Crippen LogP contribution in [-0.2, 0) is 4.79 Å². The van der Waals surface area contributed by atoms with E-state index >= 15 is 0 Å². The topological polar surface area (TPSA) is 43.1 Å². The first-order chi connectivity index (χ1) is 6.05. The van der Waals surface area contributed by atoms with Gasteiger partial charge in [-0.25, -0.2) is 0 Å². The minimum absolute atomic E-state index is 0.202. The lowest BCUT2D eigenvalue weighted by atomic mass is 9.76. The van der Waals surface area contributed by atoms with Crippen LogP contribution < -0.4 is 5.73 Å². The fraction of sp³-hybridized carbons (Fsp3) is 0.909. The molecule has 0 aliphatic rings. The van der Waals surface area contributed by atoms with Gasteiger partial charge in [-0.15, -0.1) is 0 Å². The highest BCUT2D eigenvalue weighted by Gasteiger charge is 2.33. The van der Waals surface area contributed by atoms with Crippen molar-refractivity contribution in [3.05, 3.63) is 0 Å². The summed E-state index contributed by atoms with van der Waals surface area (Å²) in [6.07, 6.45) is 2.72. The summed E-state index contributed by atoms with van der Waals surface area (Å²) < 4.78 is 0. The maximum Gasteiger partial charge on any atom is 0.143 e. The van der Waals surface area contributed by atoms with Crippen molar-refractivity contribution in [3.63, 3.8) is 0 Å². The van der Waals surface area contributed by atoms with E-state index in [0.717, 1.165) is 19.3 Å². The van der Waals surface area contributed by atoms with Crippen LogP contribution in [0.25, 0.3) is 0 Å². The molecule has 0 heterocycles. The van der Waals surface area contributed by atoms with Gasteiger partial charge < -0.3 is 5.73 Å². The Morgan fingerprint density at radius 2 is 1.77 bits per heavy atom. The Morgan fingerprint density at radius 1 is 1.31 bits per heavy atom. The van der Waals surface area contributed by atoms with Crippen LogP contribution in [0.3, 0.4) is 0 Å². The number of Topliss-reactive ketones (excluding diaryl/α,β-unsaturated/α-hetero) is 1. The van der Waals surface area contributed by atoms with Gasteiger partial charge in [-0.2, -0.15) is 0 Å². The van der Waals surface area contributed by atoms with Crippen LogP contribution in [-0.4, -0.2) is 12.3 Å². The van der Waals surface area contributed by atoms with E-state index in [1.807, 2.05) is 13.8 Å². The van der Waals surface area contributed by atoms with E-state index in [1.165, 1.54) is 0 Å². The zero-order chi connectivity index (χ0) is 10.5. The highest BCUT2D eigenvalue weighted by Crippen LogP contribution is 2.27. The Labute approximate surface area is 81.9 Å². The molecule has 78 valence electrons. The molecule has 0 amide bonds. The van der Waals surface area contributed by atoms with Crippen molar-refractivity contribution < 1.29 is 4.79 Å². The van der Waals surface area contributed by atoms with Crippen LogP contribution in [0.4, 0.5) is 0 Å². The minimum Gasteiger partial charge on any atom is -0.329 e. The number of hydrogen-bond donors (Lipinski definition) is 1. The Morgan fingerprint density at radius 3 is 2.00 bits per heavy atom. The van der Waals surface area contributed by atoms with Gasteiger partial charge >= 0.3 is 0 Å². The van der Waals surface area contributed by atoms with E-state index in [0.29, 0.717) is 12.3 Å². The maximum atomic E-state index is 12.0. The molecular formula is C11H23NO. The highest BCUT2D eigenvalue weighted by atomic mass is 16.1. The molecule has 1 atom stereocenters. The van der Waals surface area contributed by atoms with Gasteiger partial charge in [-0.3, -0.25) is 4.79 Å². The van der Waals surface area contributed by atoms with E-state index in [4.69, 9.17) is 5.73 Å². The molecule has 0 aromatic carbocycles. The highest BCUT2D eigenvalue weighted by molar-refractivity contribution is 5.86. The van der Waals surface area contributed by atoms with Gasteiger partial charge in [0.1, 0.15) is 5.78 Å². The predicted molar refractivity (Wildman–Crippen MR) is 56.5 cm³/mol. The van der Waals surface area contributed by atoms with E-state index in [1.54, 1.807) is 0 Å². The van der Waals surface area contributed by atoms with Gasteiger partial charge in [-0.1, -0.05) is 27.7 Å². The van der Waals surface area contributed by atoms with Crippen molar-refractivity contribution in [2.24, 2.45) is 17.1 Å². The molecule has 0 radical (unpaired) electrons. The first-order valence-electron chi connectivity index (χ1n) is 5.30. The first-order valence-corrected chi connectivity index (χ1v) is 5.30. The van der Waals surface area contributed by atoms with Crippen molar-refractivity contribution in [2.45, 2.75) is 47.0 Å². The molecule has 0 saturated heterocycles. The molecule has 0 saturated carbocycles. The summed E-state index contributed by atoms with van der Waals surface area (Å²) in [5.74, 6) is 0.552. The van der Waals surface area contributed by atoms with Crippen LogP contribution in [0.15, 0.2) is 0 Å². The summed E-state index contributed by atoms with van der Waals surface area (Å²) in [6, 6.07) is 0. The molecular weight excluding hydrogens is 162 g/mol. The number of rotatable bonds is 6. The van der Waals surface area contributed by atoms with Crippen molar-refractivity contribution in [2.75, 3.05) is 6.54 Å². The molecule has 0 aliphatic heterocycles. The summed E-state index contributed by atoms with van der Waals surface area (Å²) in [6.45, 7) is 8.62. The third kappa shape index (κ3) is 2.80. The van der Waals surface area contributed by atoms with Crippen LogP contribution in [0.1, 0.15) is 47.0 Å². The minimum atomic E-state index is -0.295. The molecule has 2 heteroatoms. The molecule has 0 aromatic rings. The second-order valence-corrected chi connectivity index (χ2v) is 4.00. The average Bonchev–Trinajstić information content (AvgIpc) is 2.18. The van der Waals surface area contributed by atoms with Crippen molar-refractivity contribution in [1.82, 2.24) is 0 Å². The molecule has 0 aliphatic carbocycles. The van der Waals surface area contributed by atoms with Gasteiger partial charge in [0.05, 0.1) is 0 Å². The molecule has 0 aromatic heterocycles. The lowest BCUT2D eigenvalue weighted by molar-refractivity contribution is -0.132. The van der Waals surface area contributed by atoms with Crippen LogP contribution in [0.5, 0.6) is 0 Å². The molecule has 0 spiro atoms. The molecule has 0 rings (SSSR count). The van der Waals surface area contributed by atoms with Crippen LogP contribution in [0, 0.1) is 11.3 Å². The Hall–Kier alpha value is -0.370. The van der Waals surface area contributed by atoms with Crippen LogP contribution >= 0.6 is 0 Å². The molecule has 1 unspecified atom stereocenters. The maximum absolute atomic E-state index is 12.0. The molecule has 0 fully saturated rings. The summed E-state index contributed by atoms with van der Waals surface area (Å²) in [4.78, 5) is 12.0. The molecule has 0 bridgehead atoms. The average molecular weight is 185 g/mol. The summed E-state index contributed by atoms with van der Waals surface area (Å²) in [5, 5.41) is 0. The quantitative estimate of drug-likeness (QED) is 0.690. The summed E-state index contributed by atoms with van der Waals surface area (Å²) in [5.41, 5.74) is 5.35. The lowest BCUT2D eigenvalue weighted by Gasteiger charge is -2.28. The molecule has 13 heavy (non-hydrogen) atoms. The number of carbonyl (C=O) groups is 1. The number of ketones is 1. The standard InChI is InChI=1S/C11H23NO/c1-5-9(6-2)10(13)11(4,7-3)8-12/h9H,5-8,12H2,1-4H3. The predicted octanol–water partition coefficient (Wildman–Crippen LogP) is 2.37. The summed E-state index contributed by atoms with van der Waals surface area (Å²) in [7, 11) is 0. The monoisotopic (exact) mass is 185 g/mol. The van der Waals surface area contributed by atoms with Gasteiger partial charge in [0.2, 0.25) is 0 Å². The SMILES string of the molecule is CCC(CC)C(=O)C(C)(CC)CN. The number of hydrogen-bond acceptors (Lipinski definition) is 2. The second kappa shape index (κ2) is 5.38. The zero-order valence-electron chi connectivity index (χ0n) is 9.39. The van der Waals surface area contributed by atoms with E-state index in [2.05, 4.69) is 13.8 Å². The second-order valence-electron chi connectivity index (χ2n) is 4.00. The van der Waals surface area contributed by atoms with Crippen molar-refractivity contribution in [3.8, 4) is 0 Å². The lowest BCUT2D eigenvalue weighted by Crippen LogP contribution is -2.39. The van der Waals surface area contributed by atoms with Crippen LogP contribution in [0.2, 0.25) is 0 Å². The zero-order valence-corrected chi connectivity index (χ0v) is 9.39. The third-order valence-corrected chi connectivity index (χ3v) is 3.18. The Balaban J connectivity index is 4.53. The summed E-state index contributed by atoms with van der Waals surface area (Å²) >= 11 is 0.